The summed E-state index contributed by atoms with van der Waals surface area (Å²) in [5, 5.41) is 0. The Morgan fingerprint density at radius 2 is 1.94 bits per heavy atom. The molecule has 2 rings (SSSR count). The molecule has 1 unspecified atom stereocenters. The van der Waals surface area contributed by atoms with Crippen LogP contribution in [0.4, 0.5) is 0 Å². The summed E-state index contributed by atoms with van der Waals surface area (Å²) >= 11 is 0. The van der Waals surface area contributed by atoms with Crippen molar-refractivity contribution in [3.05, 3.63) is 34.9 Å². The maximum absolute atomic E-state index is 2.40. The summed E-state index contributed by atoms with van der Waals surface area (Å²) in [5.74, 6) is 1.45. The molecule has 0 saturated carbocycles. The molecule has 0 aliphatic heterocycles. The van der Waals surface area contributed by atoms with E-state index in [1.54, 1.807) is 16.7 Å². The van der Waals surface area contributed by atoms with E-state index in [4.69, 9.17) is 0 Å². The van der Waals surface area contributed by atoms with Gasteiger partial charge in [-0.2, -0.15) is 0 Å². The van der Waals surface area contributed by atoms with Crippen molar-refractivity contribution >= 4 is 0 Å². The first-order chi connectivity index (χ1) is 7.44. The van der Waals surface area contributed by atoms with Crippen LogP contribution in [-0.4, -0.2) is 0 Å². The van der Waals surface area contributed by atoms with Gasteiger partial charge in [0.05, 0.1) is 0 Å². The highest BCUT2D eigenvalue weighted by molar-refractivity contribution is 5.43. The van der Waals surface area contributed by atoms with Gasteiger partial charge in [-0.1, -0.05) is 52.8 Å². The quantitative estimate of drug-likeness (QED) is 0.640. The summed E-state index contributed by atoms with van der Waals surface area (Å²) in [4.78, 5) is 0. The maximum atomic E-state index is 2.40. The Labute approximate surface area is 100 Å². The first kappa shape index (κ1) is 11.7. The van der Waals surface area contributed by atoms with Gasteiger partial charge in [-0.3, -0.25) is 0 Å². The second-order valence-electron chi connectivity index (χ2n) is 6.19. The smallest absolute Gasteiger partial charge is 0.00750 e. The van der Waals surface area contributed by atoms with Crippen molar-refractivity contribution in [1.82, 2.24) is 0 Å². The number of rotatable bonds is 1. The van der Waals surface area contributed by atoms with Crippen LogP contribution in [0.15, 0.2) is 18.2 Å². The molecule has 0 amide bonds. The van der Waals surface area contributed by atoms with Crippen LogP contribution in [0.1, 0.15) is 63.6 Å². The number of fused-ring (bicyclic) bond motifs is 1. The van der Waals surface area contributed by atoms with Crippen LogP contribution in [0.3, 0.4) is 0 Å². The summed E-state index contributed by atoms with van der Waals surface area (Å²) in [6.07, 6.45) is 2.61. The van der Waals surface area contributed by atoms with Crippen molar-refractivity contribution in [2.45, 2.75) is 58.8 Å². The summed E-state index contributed by atoms with van der Waals surface area (Å²) in [7, 11) is 0. The zero-order valence-corrected chi connectivity index (χ0v) is 11.3. The zero-order chi connectivity index (χ0) is 11.9. The predicted molar refractivity (Wildman–Crippen MR) is 71.0 cm³/mol. The number of hydrogen-bond acceptors (Lipinski definition) is 0. The van der Waals surface area contributed by atoms with Gasteiger partial charge in [0.1, 0.15) is 0 Å². The third kappa shape index (κ3) is 1.69. The van der Waals surface area contributed by atoms with Crippen LogP contribution in [0.25, 0.3) is 0 Å². The second kappa shape index (κ2) is 3.91. The van der Waals surface area contributed by atoms with Gasteiger partial charge < -0.3 is 0 Å². The fourth-order valence-electron chi connectivity index (χ4n) is 3.02. The van der Waals surface area contributed by atoms with Crippen molar-refractivity contribution in [3.8, 4) is 0 Å². The molecule has 16 heavy (non-hydrogen) atoms. The summed E-state index contributed by atoms with van der Waals surface area (Å²) in [5.41, 5.74) is 5.15. The molecule has 0 N–H and O–H groups in total. The molecule has 1 aromatic carbocycles. The topological polar surface area (TPSA) is 0 Å². The van der Waals surface area contributed by atoms with E-state index in [9.17, 15) is 0 Å². The van der Waals surface area contributed by atoms with E-state index in [-0.39, 0.29) is 0 Å². The maximum Gasteiger partial charge on any atom is -0.00750 e. The van der Waals surface area contributed by atoms with E-state index in [2.05, 4.69) is 52.8 Å². The average molecular weight is 216 g/mol. The molecule has 1 atom stereocenters. The molecule has 88 valence electrons. The van der Waals surface area contributed by atoms with Gasteiger partial charge in [0, 0.05) is 0 Å². The zero-order valence-electron chi connectivity index (χ0n) is 11.3. The molecule has 0 spiro atoms. The van der Waals surface area contributed by atoms with E-state index in [0.717, 1.165) is 5.92 Å². The molecular weight excluding hydrogens is 192 g/mol. The van der Waals surface area contributed by atoms with Gasteiger partial charge >= 0.3 is 0 Å². The molecule has 0 bridgehead atoms. The Hall–Kier alpha value is -0.780. The summed E-state index contributed by atoms with van der Waals surface area (Å²) in [6.45, 7) is 11.8. The minimum Gasteiger partial charge on any atom is -0.0617 e. The molecule has 0 heterocycles. The van der Waals surface area contributed by atoms with E-state index >= 15 is 0 Å². The first-order valence-corrected chi connectivity index (χ1v) is 6.57. The van der Waals surface area contributed by atoms with E-state index in [1.165, 1.54) is 12.8 Å². The Morgan fingerprint density at radius 3 is 2.56 bits per heavy atom. The molecule has 1 aromatic rings. The largest absolute Gasteiger partial charge is 0.0617 e. The van der Waals surface area contributed by atoms with Crippen LogP contribution < -0.4 is 0 Å². The van der Waals surface area contributed by atoms with Crippen molar-refractivity contribution in [3.63, 3.8) is 0 Å². The van der Waals surface area contributed by atoms with Gasteiger partial charge in [-0.05, 0) is 46.8 Å². The van der Waals surface area contributed by atoms with Crippen LogP contribution in [0.2, 0.25) is 0 Å². The standard InChI is InChI=1S/C16H24/c1-11(2)13-7-6-8-15-14(13)10-9-12(3)16(15,4)5/h6-8,11-12H,9-10H2,1-5H3. The van der Waals surface area contributed by atoms with E-state index < -0.39 is 0 Å². The van der Waals surface area contributed by atoms with Crippen LogP contribution in [0, 0.1) is 5.92 Å². The van der Waals surface area contributed by atoms with Crippen LogP contribution in [-0.2, 0) is 11.8 Å². The molecule has 0 fully saturated rings. The molecular formula is C16H24. The minimum absolute atomic E-state index is 0.346. The normalized spacial score (nSPS) is 23.2. The highest BCUT2D eigenvalue weighted by Crippen LogP contribution is 2.43. The van der Waals surface area contributed by atoms with Crippen molar-refractivity contribution in [1.29, 1.82) is 0 Å². The lowest BCUT2D eigenvalue weighted by atomic mass is 9.65. The van der Waals surface area contributed by atoms with Crippen molar-refractivity contribution < 1.29 is 0 Å². The number of benzene rings is 1. The van der Waals surface area contributed by atoms with Crippen LogP contribution in [0.5, 0.6) is 0 Å². The van der Waals surface area contributed by atoms with Gasteiger partial charge in [0.2, 0.25) is 0 Å². The fraction of sp³-hybridized carbons (Fsp3) is 0.625. The molecule has 0 radical (unpaired) electrons. The van der Waals surface area contributed by atoms with Gasteiger partial charge in [-0.25, -0.2) is 0 Å². The lowest BCUT2D eigenvalue weighted by molar-refractivity contribution is 0.301. The monoisotopic (exact) mass is 216 g/mol. The average Bonchev–Trinajstić information content (AvgIpc) is 2.23. The SMILES string of the molecule is CC(C)c1cccc2c1CCC(C)C2(C)C. The predicted octanol–water partition coefficient (Wildman–Crippen LogP) is 4.67. The Bertz CT molecular complexity index is 385. The Kier molecular flexibility index (Phi) is 2.86. The van der Waals surface area contributed by atoms with Gasteiger partial charge in [0.25, 0.3) is 0 Å². The minimum atomic E-state index is 0.346. The highest BCUT2D eigenvalue weighted by atomic mass is 14.4. The number of hydrogen-bond donors (Lipinski definition) is 0. The summed E-state index contributed by atoms with van der Waals surface area (Å²) < 4.78 is 0. The molecule has 0 saturated heterocycles. The third-order valence-corrected chi connectivity index (χ3v) is 4.59. The first-order valence-electron chi connectivity index (χ1n) is 6.57. The fourth-order valence-corrected chi connectivity index (χ4v) is 3.02. The Balaban J connectivity index is 2.57. The molecule has 0 nitrogen and oxygen atoms in total. The second-order valence-corrected chi connectivity index (χ2v) is 6.19. The third-order valence-electron chi connectivity index (χ3n) is 4.59. The molecule has 1 aliphatic carbocycles. The lowest BCUT2D eigenvalue weighted by Crippen LogP contribution is -2.32. The molecule has 0 heteroatoms. The van der Waals surface area contributed by atoms with Crippen molar-refractivity contribution in [2.24, 2.45) is 5.92 Å². The molecule has 0 aromatic heterocycles. The highest BCUT2D eigenvalue weighted by Gasteiger charge is 2.34. The van der Waals surface area contributed by atoms with Crippen molar-refractivity contribution in [2.75, 3.05) is 0 Å². The lowest BCUT2D eigenvalue weighted by Gasteiger charge is -2.40. The summed E-state index contributed by atoms with van der Waals surface area (Å²) in [6, 6.07) is 6.90. The van der Waals surface area contributed by atoms with Crippen LogP contribution >= 0.6 is 0 Å². The van der Waals surface area contributed by atoms with Gasteiger partial charge in [0.15, 0.2) is 0 Å². The Morgan fingerprint density at radius 1 is 1.25 bits per heavy atom. The van der Waals surface area contributed by atoms with E-state index in [1.807, 2.05) is 0 Å². The van der Waals surface area contributed by atoms with Gasteiger partial charge in [-0.15, -0.1) is 0 Å². The van der Waals surface area contributed by atoms with E-state index in [0.29, 0.717) is 11.3 Å². The molecule has 1 aliphatic rings.